The molecule has 0 saturated carbocycles. The summed E-state index contributed by atoms with van der Waals surface area (Å²) in [5.41, 5.74) is 0. The Balaban J connectivity index is 1.81. The second-order valence-electron chi connectivity index (χ2n) is 6.05. The minimum absolute atomic E-state index is 0.105. The van der Waals surface area contributed by atoms with E-state index in [9.17, 15) is 13.2 Å². The minimum atomic E-state index is -3.21. The summed E-state index contributed by atoms with van der Waals surface area (Å²) in [6.07, 6.45) is 6.09. The molecule has 0 aliphatic carbocycles. The molecule has 3 atom stereocenters. The number of carbonyl (C=O) groups is 1. The molecule has 3 rings (SSSR count). The Kier molecular flexibility index (Phi) is 3.67. The van der Waals surface area contributed by atoms with Crippen molar-refractivity contribution < 1.29 is 13.2 Å². The third-order valence-corrected chi connectivity index (χ3v) is 7.69. The van der Waals surface area contributed by atoms with Gasteiger partial charge in [-0.1, -0.05) is 22.4 Å². The molecule has 0 aromatic rings. The molecule has 0 aromatic heterocycles. The van der Waals surface area contributed by atoms with E-state index in [0.29, 0.717) is 17.7 Å². The summed E-state index contributed by atoms with van der Waals surface area (Å²) in [5.74, 6) is 0.0831. The van der Waals surface area contributed by atoms with E-state index < -0.39 is 15.1 Å². The first kappa shape index (κ1) is 13.9. The molecule has 3 unspecified atom stereocenters. The van der Waals surface area contributed by atoms with E-state index >= 15 is 0 Å². The highest BCUT2D eigenvalue weighted by molar-refractivity contribution is 9.09. The number of rotatable bonds is 1. The maximum absolute atomic E-state index is 12.7. The lowest BCUT2D eigenvalue weighted by atomic mass is 10.0. The predicted octanol–water partition coefficient (Wildman–Crippen LogP) is 1.87. The van der Waals surface area contributed by atoms with Crippen molar-refractivity contribution in [2.45, 2.75) is 67.1 Å². The van der Waals surface area contributed by atoms with Crippen molar-refractivity contribution >= 4 is 31.7 Å². The number of hydrogen-bond acceptors (Lipinski definition) is 3. The monoisotopic (exact) mass is 349 g/mol. The molecule has 0 N–H and O–H groups in total. The Morgan fingerprint density at radius 2 is 1.68 bits per heavy atom. The predicted molar refractivity (Wildman–Crippen MR) is 77.0 cm³/mol. The molecule has 3 heterocycles. The van der Waals surface area contributed by atoms with Crippen LogP contribution in [0.4, 0.5) is 0 Å². The van der Waals surface area contributed by atoms with E-state index in [1.165, 1.54) is 0 Å². The molecule has 4 nitrogen and oxygen atoms in total. The molecule has 3 saturated heterocycles. The standard InChI is InChI=1S/C13H20BrNO3S/c14-9-7-10-4-5-11(8-9)15(10)13(16)12-3-1-2-6-19(12,17)18/h9-12H,1-8H2. The van der Waals surface area contributed by atoms with Gasteiger partial charge in [-0.25, -0.2) is 8.42 Å². The van der Waals surface area contributed by atoms with Crippen molar-refractivity contribution in [3.8, 4) is 0 Å². The molecule has 2 bridgehead atoms. The summed E-state index contributed by atoms with van der Waals surface area (Å²) in [7, 11) is -3.21. The number of nitrogens with zero attached hydrogens (tertiary/aromatic N) is 1. The SMILES string of the molecule is O=C(C1CCCCS1(=O)=O)N1C2CCC1CC(Br)C2. The molecule has 3 aliphatic heterocycles. The molecule has 0 spiro atoms. The molecule has 6 heteroatoms. The normalized spacial score (nSPS) is 41.2. The smallest absolute Gasteiger partial charge is 0.241 e. The molecule has 108 valence electrons. The van der Waals surface area contributed by atoms with Gasteiger partial charge in [0, 0.05) is 16.9 Å². The van der Waals surface area contributed by atoms with E-state index in [4.69, 9.17) is 0 Å². The lowest BCUT2D eigenvalue weighted by Gasteiger charge is -2.39. The average Bonchev–Trinajstić information content (AvgIpc) is 2.60. The number of alkyl halides is 1. The summed E-state index contributed by atoms with van der Waals surface area (Å²) >= 11 is 3.65. The summed E-state index contributed by atoms with van der Waals surface area (Å²) < 4.78 is 24.2. The largest absolute Gasteiger partial charge is 0.336 e. The van der Waals surface area contributed by atoms with Crippen LogP contribution in [-0.4, -0.2) is 47.1 Å². The maximum Gasteiger partial charge on any atom is 0.241 e. The first-order valence-electron chi connectivity index (χ1n) is 7.17. The number of amides is 1. The lowest BCUT2D eigenvalue weighted by molar-refractivity contribution is -0.135. The minimum Gasteiger partial charge on any atom is -0.336 e. The van der Waals surface area contributed by atoms with Crippen LogP contribution in [0.1, 0.15) is 44.9 Å². The summed E-state index contributed by atoms with van der Waals surface area (Å²) in [6, 6.07) is 0.514. The fourth-order valence-corrected chi connectivity index (χ4v) is 6.58. The van der Waals surface area contributed by atoms with Crippen LogP contribution < -0.4 is 0 Å². The van der Waals surface area contributed by atoms with Crippen LogP contribution in [0.2, 0.25) is 0 Å². The zero-order valence-corrected chi connectivity index (χ0v) is 13.3. The van der Waals surface area contributed by atoms with Crippen molar-refractivity contribution in [3.05, 3.63) is 0 Å². The highest BCUT2D eigenvalue weighted by Crippen LogP contribution is 2.39. The Morgan fingerprint density at radius 3 is 2.26 bits per heavy atom. The molecular formula is C13H20BrNO3S. The Bertz CT molecular complexity index is 464. The molecule has 1 amide bonds. The van der Waals surface area contributed by atoms with E-state index in [1.54, 1.807) is 0 Å². The van der Waals surface area contributed by atoms with Gasteiger partial charge in [-0.2, -0.15) is 0 Å². The highest BCUT2D eigenvalue weighted by atomic mass is 79.9. The van der Waals surface area contributed by atoms with Gasteiger partial charge in [0.15, 0.2) is 9.84 Å². The van der Waals surface area contributed by atoms with Gasteiger partial charge < -0.3 is 4.90 Å². The van der Waals surface area contributed by atoms with E-state index in [0.717, 1.165) is 32.1 Å². The second kappa shape index (κ2) is 5.02. The molecule has 3 fully saturated rings. The average molecular weight is 350 g/mol. The van der Waals surface area contributed by atoms with Gasteiger partial charge in [-0.05, 0) is 38.5 Å². The maximum atomic E-state index is 12.7. The van der Waals surface area contributed by atoms with Crippen molar-refractivity contribution in [2.24, 2.45) is 0 Å². The highest BCUT2D eigenvalue weighted by Gasteiger charge is 2.47. The van der Waals surface area contributed by atoms with Gasteiger partial charge in [0.1, 0.15) is 5.25 Å². The first-order chi connectivity index (χ1) is 8.99. The fourth-order valence-electron chi connectivity index (χ4n) is 3.87. The van der Waals surface area contributed by atoms with Crippen LogP contribution in [0.5, 0.6) is 0 Å². The quantitative estimate of drug-likeness (QED) is 0.679. The van der Waals surface area contributed by atoms with Crippen molar-refractivity contribution in [2.75, 3.05) is 5.75 Å². The van der Waals surface area contributed by atoms with E-state index in [-0.39, 0.29) is 23.7 Å². The lowest BCUT2D eigenvalue weighted by Crippen LogP contribution is -2.53. The molecule has 0 radical (unpaired) electrons. The number of piperidine rings is 1. The Morgan fingerprint density at radius 1 is 1.05 bits per heavy atom. The number of halogens is 1. The third-order valence-electron chi connectivity index (χ3n) is 4.78. The Labute approximate surface area is 123 Å². The van der Waals surface area contributed by atoms with Gasteiger partial charge in [0.2, 0.25) is 5.91 Å². The van der Waals surface area contributed by atoms with Crippen LogP contribution in [0, 0.1) is 0 Å². The van der Waals surface area contributed by atoms with E-state index in [2.05, 4.69) is 15.9 Å². The number of sulfone groups is 1. The van der Waals surface area contributed by atoms with Crippen LogP contribution >= 0.6 is 15.9 Å². The zero-order chi connectivity index (χ0) is 13.6. The second-order valence-corrected chi connectivity index (χ2v) is 9.65. The van der Waals surface area contributed by atoms with Gasteiger partial charge in [0.25, 0.3) is 0 Å². The first-order valence-corrected chi connectivity index (χ1v) is 9.80. The van der Waals surface area contributed by atoms with Gasteiger partial charge >= 0.3 is 0 Å². The zero-order valence-electron chi connectivity index (χ0n) is 10.9. The van der Waals surface area contributed by atoms with E-state index in [1.807, 2.05) is 4.90 Å². The van der Waals surface area contributed by atoms with Gasteiger partial charge in [-0.3, -0.25) is 4.79 Å². The number of hydrogen-bond donors (Lipinski definition) is 0. The Hall–Kier alpha value is -0.100. The fraction of sp³-hybridized carbons (Fsp3) is 0.923. The molecule has 0 aromatic carbocycles. The van der Waals surface area contributed by atoms with Crippen molar-refractivity contribution in [1.29, 1.82) is 0 Å². The van der Waals surface area contributed by atoms with Gasteiger partial charge in [0.05, 0.1) is 5.75 Å². The van der Waals surface area contributed by atoms with Crippen LogP contribution in [-0.2, 0) is 14.6 Å². The summed E-state index contributed by atoms with van der Waals surface area (Å²) in [5, 5.41) is -0.753. The van der Waals surface area contributed by atoms with Gasteiger partial charge in [-0.15, -0.1) is 0 Å². The topological polar surface area (TPSA) is 54.5 Å². The summed E-state index contributed by atoms with van der Waals surface area (Å²) in [6.45, 7) is 0. The summed E-state index contributed by atoms with van der Waals surface area (Å²) in [4.78, 5) is 15.1. The van der Waals surface area contributed by atoms with Crippen molar-refractivity contribution in [3.63, 3.8) is 0 Å². The molecular weight excluding hydrogens is 330 g/mol. The van der Waals surface area contributed by atoms with Crippen molar-refractivity contribution in [1.82, 2.24) is 4.90 Å². The molecule has 19 heavy (non-hydrogen) atoms. The number of fused-ring (bicyclic) bond motifs is 2. The van der Waals surface area contributed by atoms with Crippen LogP contribution in [0.15, 0.2) is 0 Å². The number of carbonyl (C=O) groups excluding carboxylic acids is 1. The third kappa shape index (κ3) is 2.46. The van der Waals surface area contributed by atoms with Crippen LogP contribution in [0.25, 0.3) is 0 Å². The van der Waals surface area contributed by atoms with Crippen LogP contribution in [0.3, 0.4) is 0 Å². The molecule has 3 aliphatic rings.